The zero-order chi connectivity index (χ0) is 11.1. The molecule has 0 saturated carbocycles. The molecule has 0 bridgehead atoms. The Kier molecular flexibility index (Phi) is 5.77. The van der Waals surface area contributed by atoms with Crippen molar-refractivity contribution in [3.8, 4) is 0 Å². The van der Waals surface area contributed by atoms with Crippen LogP contribution in [0.25, 0.3) is 0 Å². The van der Waals surface area contributed by atoms with E-state index in [1.54, 1.807) is 0 Å². The SMILES string of the molecule is N[C@@H](CC(OCCO)C(=O)O)C(=O)O. The predicted octanol–water partition coefficient (Wildman–Crippen LogP) is -1.75. The quantitative estimate of drug-likeness (QED) is 0.389. The van der Waals surface area contributed by atoms with Gasteiger partial charge in [0.2, 0.25) is 0 Å². The summed E-state index contributed by atoms with van der Waals surface area (Å²) in [6.07, 6.45) is -1.63. The van der Waals surface area contributed by atoms with Gasteiger partial charge >= 0.3 is 11.9 Å². The first kappa shape index (κ1) is 12.8. The highest BCUT2D eigenvalue weighted by atomic mass is 16.5. The van der Waals surface area contributed by atoms with Crippen LogP contribution >= 0.6 is 0 Å². The largest absolute Gasteiger partial charge is 0.480 e. The molecule has 0 aromatic carbocycles. The molecule has 0 spiro atoms. The molecule has 1 unspecified atom stereocenters. The van der Waals surface area contributed by atoms with Crippen LogP contribution in [-0.4, -0.2) is 52.6 Å². The molecular weight excluding hydrogens is 194 g/mol. The predicted molar refractivity (Wildman–Crippen MR) is 44.7 cm³/mol. The molecule has 2 atom stereocenters. The maximum atomic E-state index is 10.5. The van der Waals surface area contributed by atoms with Crippen LogP contribution in [0.15, 0.2) is 0 Å². The van der Waals surface area contributed by atoms with E-state index < -0.39 is 24.1 Å². The van der Waals surface area contributed by atoms with Gasteiger partial charge in [-0.25, -0.2) is 4.79 Å². The van der Waals surface area contributed by atoms with E-state index in [2.05, 4.69) is 4.74 Å². The average molecular weight is 207 g/mol. The summed E-state index contributed by atoms with van der Waals surface area (Å²) in [6, 6.07) is -1.28. The van der Waals surface area contributed by atoms with Crippen LogP contribution in [0.2, 0.25) is 0 Å². The first-order valence-electron chi connectivity index (χ1n) is 3.92. The molecule has 0 aliphatic rings. The Bertz CT molecular complexity index is 206. The highest BCUT2D eigenvalue weighted by Gasteiger charge is 2.24. The molecule has 7 nitrogen and oxygen atoms in total. The lowest BCUT2D eigenvalue weighted by Crippen LogP contribution is -2.38. The minimum Gasteiger partial charge on any atom is -0.480 e. The summed E-state index contributed by atoms with van der Waals surface area (Å²) in [6.45, 7) is -0.491. The first-order valence-corrected chi connectivity index (χ1v) is 3.92. The first-order chi connectivity index (χ1) is 6.49. The highest BCUT2D eigenvalue weighted by molar-refractivity contribution is 5.76. The molecule has 0 aliphatic heterocycles. The topological polar surface area (TPSA) is 130 Å². The molecule has 7 heteroatoms. The number of aliphatic hydroxyl groups excluding tert-OH is 1. The van der Waals surface area contributed by atoms with E-state index in [-0.39, 0.29) is 19.6 Å². The second kappa shape index (κ2) is 6.30. The van der Waals surface area contributed by atoms with E-state index >= 15 is 0 Å². The Morgan fingerprint density at radius 2 is 1.86 bits per heavy atom. The Morgan fingerprint density at radius 1 is 1.29 bits per heavy atom. The third kappa shape index (κ3) is 4.75. The molecule has 0 radical (unpaired) electrons. The number of hydrogen-bond acceptors (Lipinski definition) is 5. The van der Waals surface area contributed by atoms with Gasteiger partial charge in [-0.3, -0.25) is 4.79 Å². The van der Waals surface area contributed by atoms with Crippen molar-refractivity contribution in [3.63, 3.8) is 0 Å². The van der Waals surface area contributed by atoms with Crippen LogP contribution in [-0.2, 0) is 14.3 Å². The molecule has 0 saturated heterocycles. The second-order valence-electron chi connectivity index (χ2n) is 2.60. The third-order valence-electron chi connectivity index (χ3n) is 1.47. The Balaban J connectivity index is 4.08. The maximum absolute atomic E-state index is 10.5. The number of nitrogens with two attached hydrogens (primary N) is 1. The van der Waals surface area contributed by atoms with Crippen LogP contribution in [0, 0.1) is 0 Å². The van der Waals surface area contributed by atoms with Gasteiger partial charge in [-0.1, -0.05) is 0 Å². The lowest BCUT2D eigenvalue weighted by Gasteiger charge is -2.14. The molecule has 0 heterocycles. The zero-order valence-electron chi connectivity index (χ0n) is 7.42. The fraction of sp³-hybridized carbons (Fsp3) is 0.714. The number of rotatable bonds is 7. The number of ether oxygens (including phenoxy) is 1. The van der Waals surface area contributed by atoms with Crippen molar-refractivity contribution in [2.75, 3.05) is 13.2 Å². The molecule has 0 aliphatic carbocycles. The van der Waals surface area contributed by atoms with Gasteiger partial charge in [0.25, 0.3) is 0 Å². The number of carboxylic acid groups (broad SMARTS) is 2. The lowest BCUT2D eigenvalue weighted by molar-refractivity contribution is -0.152. The molecule has 82 valence electrons. The Morgan fingerprint density at radius 3 is 2.21 bits per heavy atom. The molecule has 14 heavy (non-hydrogen) atoms. The normalized spacial score (nSPS) is 14.7. The summed E-state index contributed by atoms with van der Waals surface area (Å²) >= 11 is 0. The van der Waals surface area contributed by atoms with Gasteiger partial charge in [0.15, 0.2) is 6.10 Å². The number of carbonyl (C=O) groups is 2. The van der Waals surface area contributed by atoms with Crippen molar-refractivity contribution < 1.29 is 29.6 Å². The van der Waals surface area contributed by atoms with Crippen LogP contribution in [0.5, 0.6) is 0 Å². The van der Waals surface area contributed by atoms with E-state index in [1.165, 1.54) is 0 Å². The van der Waals surface area contributed by atoms with Gasteiger partial charge < -0.3 is 25.8 Å². The van der Waals surface area contributed by atoms with Crippen molar-refractivity contribution in [2.24, 2.45) is 5.73 Å². The minimum absolute atomic E-state index is 0.163. The van der Waals surface area contributed by atoms with E-state index in [9.17, 15) is 9.59 Å². The van der Waals surface area contributed by atoms with Gasteiger partial charge in [0.05, 0.1) is 13.2 Å². The van der Waals surface area contributed by atoms with Crippen LogP contribution in [0.1, 0.15) is 6.42 Å². The molecule has 0 rings (SSSR count). The fourth-order valence-electron chi connectivity index (χ4n) is 0.767. The fourth-order valence-corrected chi connectivity index (χ4v) is 0.767. The van der Waals surface area contributed by atoms with Crippen LogP contribution < -0.4 is 5.73 Å². The molecule has 5 N–H and O–H groups in total. The standard InChI is InChI=1S/C7H13NO6/c8-4(6(10)11)3-5(7(12)13)14-2-1-9/h4-5,9H,1-3,8H2,(H,10,11)(H,12,13)/t4-,5?/m0/s1. The van der Waals surface area contributed by atoms with Crippen molar-refractivity contribution in [2.45, 2.75) is 18.6 Å². The van der Waals surface area contributed by atoms with E-state index in [4.69, 9.17) is 21.1 Å². The summed E-state index contributed by atoms with van der Waals surface area (Å²) in [7, 11) is 0. The van der Waals surface area contributed by atoms with Crippen LogP contribution in [0.3, 0.4) is 0 Å². The average Bonchev–Trinajstić information content (AvgIpc) is 2.10. The Hall–Kier alpha value is -1.18. The smallest absolute Gasteiger partial charge is 0.332 e. The zero-order valence-corrected chi connectivity index (χ0v) is 7.42. The van der Waals surface area contributed by atoms with Crippen LogP contribution in [0.4, 0.5) is 0 Å². The van der Waals surface area contributed by atoms with E-state index in [1.807, 2.05) is 0 Å². The molecule has 0 aromatic heterocycles. The third-order valence-corrected chi connectivity index (χ3v) is 1.47. The van der Waals surface area contributed by atoms with Crippen molar-refractivity contribution in [1.82, 2.24) is 0 Å². The van der Waals surface area contributed by atoms with Gasteiger partial charge in [0, 0.05) is 6.42 Å². The molecular formula is C7H13NO6. The second-order valence-corrected chi connectivity index (χ2v) is 2.60. The number of aliphatic hydroxyl groups is 1. The highest BCUT2D eigenvalue weighted by Crippen LogP contribution is 2.02. The summed E-state index contributed by atoms with van der Waals surface area (Å²) in [4.78, 5) is 20.8. The summed E-state index contributed by atoms with van der Waals surface area (Å²) < 4.78 is 4.68. The molecule has 0 aromatic rings. The monoisotopic (exact) mass is 207 g/mol. The van der Waals surface area contributed by atoms with Gasteiger partial charge in [-0.05, 0) is 0 Å². The van der Waals surface area contributed by atoms with Gasteiger partial charge in [0.1, 0.15) is 6.04 Å². The van der Waals surface area contributed by atoms with E-state index in [0.717, 1.165) is 0 Å². The number of hydrogen-bond donors (Lipinski definition) is 4. The number of carboxylic acids is 2. The minimum atomic E-state index is -1.30. The number of aliphatic carboxylic acids is 2. The maximum Gasteiger partial charge on any atom is 0.332 e. The van der Waals surface area contributed by atoms with Gasteiger partial charge in [-0.15, -0.1) is 0 Å². The Labute approximate surface area is 80.1 Å². The van der Waals surface area contributed by atoms with Crippen molar-refractivity contribution >= 4 is 11.9 Å². The lowest BCUT2D eigenvalue weighted by atomic mass is 10.1. The van der Waals surface area contributed by atoms with Crippen molar-refractivity contribution in [3.05, 3.63) is 0 Å². The van der Waals surface area contributed by atoms with E-state index in [0.29, 0.717) is 0 Å². The summed E-state index contributed by atoms with van der Waals surface area (Å²) in [5.41, 5.74) is 5.12. The van der Waals surface area contributed by atoms with Crippen molar-refractivity contribution in [1.29, 1.82) is 0 Å². The molecule has 0 fully saturated rings. The summed E-state index contributed by atoms with van der Waals surface area (Å²) in [5.74, 6) is -2.58. The molecule has 0 amide bonds. The van der Waals surface area contributed by atoms with Gasteiger partial charge in [-0.2, -0.15) is 0 Å². The summed E-state index contributed by atoms with van der Waals surface area (Å²) in [5, 5.41) is 25.4.